The van der Waals surface area contributed by atoms with E-state index in [1.54, 1.807) is 19.1 Å². The Morgan fingerprint density at radius 3 is 2.63 bits per heavy atom. The Balaban J connectivity index is 1.64. The zero-order valence-electron chi connectivity index (χ0n) is 17.3. The van der Waals surface area contributed by atoms with Crippen LogP contribution in [0.5, 0.6) is 11.5 Å². The van der Waals surface area contributed by atoms with Crippen molar-refractivity contribution in [2.24, 2.45) is 5.92 Å². The molecule has 2 amide bonds. The Morgan fingerprint density at radius 1 is 1.27 bits per heavy atom. The number of ether oxygens (including phenoxy) is 2. The van der Waals surface area contributed by atoms with E-state index in [2.05, 4.69) is 10.2 Å². The predicted molar refractivity (Wildman–Crippen MR) is 107 cm³/mol. The van der Waals surface area contributed by atoms with Crippen molar-refractivity contribution in [2.45, 2.75) is 37.4 Å². The lowest BCUT2D eigenvalue weighted by Gasteiger charge is -2.49. The number of piperidine rings is 1. The van der Waals surface area contributed by atoms with Crippen molar-refractivity contribution in [3.05, 3.63) is 23.3 Å². The molecule has 1 aromatic rings. The number of likely N-dealkylation sites (tertiary alicyclic amines) is 1. The van der Waals surface area contributed by atoms with E-state index in [1.807, 2.05) is 12.1 Å². The van der Waals surface area contributed by atoms with E-state index in [4.69, 9.17) is 9.47 Å². The number of carbonyl (C=O) groups is 2. The average Bonchev–Trinajstić information content (AvgIpc) is 3.12. The van der Waals surface area contributed by atoms with Crippen molar-refractivity contribution in [1.82, 2.24) is 15.1 Å². The number of methoxy groups -OCH3 is 2. The first-order valence-electron chi connectivity index (χ1n) is 10.3. The predicted octanol–water partition coefficient (Wildman–Crippen LogP) is 1.83. The Labute approximate surface area is 174 Å². The molecule has 2 saturated heterocycles. The van der Waals surface area contributed by atoms with Gasteiger partial charge in [0.2, 0.25) is 5.91 Å². The maximum absolute atomic E-state index is 13.2. The molecule has 2 fully saturated rings. The fraction of sp³-hybridized carbons (Fsp3) is 0.619. The SMILES string of the molecule is COc1cc2c(cc1OC)[C@@H]1C[C@H](NC(=O)O)[C@@H](N3C[C@H](CF)CC3=O)CN1CC2. The minimum Gasteiger partial charge on any atom is -0.493 e. The Hall–Kier alpha value is -2.55. The Kier molecular flexibility index (Phi) is 5.73. The van der Waals surface area contributed by atoms with Crippen molar-refractivity contribution in [3.63, 3.8) is 0 Å². The second kappa shape index (κ2) is 8.29. The highest BCUT2D eigenvalue weighted by Gasteiger charge is 2.45. The number of hydrogen-bond acceptors (Lipinski definition) is 5. The van der Waals surface area contributed by atoms with Crippen LogP contribution in [-0.4, -0.2) is 79.5 Å². The van der Waals surface area contributed by atoms with Crippen LogP contribution in [0.3, 0.4) is 0 Å². The fourth-order valence-electron chi connectivity index (χ4n) is 5.20. The van der Waals surface area contributed by atoms with Crippen LogP contribution in [0.4, 0.5) is 9.18 Å². The first-order chi connectivity index (χ1) is 14.4. The molecular formula is C21H28FN3O5. The van der Waals surface area contributed by atoms with Crippen molar-refractivity contribution >= 4 is 12.0 Å². The minimum atomic E-state index is -1.12. The number of hydrogen-bond donors (Lipinski definition) is 2. The maximum atomic E-state index is 13.2. The number of carbonyl (C=O) groups excluding carboxylic acids is 1. The van der Waals surface area contributed by atoms with Gasteiger partial charge in [0.05, 0.1) is 33.0 Å². The van der Waals surface area contributed by atoms with Gasteiger partial charge in [-0.3, -0.25) is 14.1 Å². The topological polar surface area (TPSA) is 91.3 Å². The van der Waals surface area contributed by atoms with Gasteiger partial charge in [0.15, 0.2) is 11.5 Å². The van der Waals surface area contributed by atoms with E-state index >= 15 is 0 Å². The van der Waals surface area contributed by atoms with Crippen LogP contribution < -0.4 is 14.8 Å². The summed E-state index contributed by atoms with van der Waals surface area (Å²) in [5.74, 6) is 0.920. The lowest BCUT2D eigenvalue weighted by atomic mass is 9.82. The highest BCUT2D eigenvalue weighted by atomic mass is 19.1. The van der Waals surface area contributed by atoms with Crippen LogP contribution in [-0.2, 0) is 11.2 Å². The molecule has 9 heteroatoms. The third-order valence-corrected chi connectivity index (χ3v) is 6.64. The monoisotopic (exact) mass is 421 g/mol. The van der Waals surface area contributed by atoms with Gasteiger partial charge in [0.1, 0.15) is 0 Å². The van der Waals surface area contributed by atoms with Crippen molar-refractivity contribution in [1.29, 1.82) is 0 Å². The summed E-state index contributed by atoms with van der Waals surface area (Å²) >= 11 is 0. The van der Waals surface area contributed by atoms with E-state index in [0.29, 0.717) is 31.0 Å². The zero-order valence-corrected chi connectivity index (χ0v) is 17.3. The zero-order chi connectivity index (χ0) is 21.4. The molecule has 4 rings (SSSR count). The van der Waals surface area contributed by atoms with Gasteiger partial charge in [-0.25, -0.2) is 4.79 Å². The molecule has 0 bridgehead atoms. The highest BCUT2D eigenvalue weighted by molar-refractivity contribution is 5.79. The first-order valence-corrected chi connectivity index (χ1v) is 10.3. The van der Waals surface area contributed by atoms with Gasteiger partial charge in [0, 0.05) is 38.0 Å². The summed E-state index contributed by atoms with van der Waals surface area (Å²) in [7, 11) is 3.20. The number of benzene rings is 1. The van der Waals surface area contributed by atoms with Gasteiger partial charge in [-0.15, -0.1) is 0 Å². The third kappa shape index (κ3) is 3.66. The van der Waals surface area contributed by atoms with Crippen LogP contribution in [0.15, 0.2) is 12.1 Å². The second-order valence-corrected chi connectivity index (χ2v) is 8.30. The molecule has 3 aliphatic heterocycles. The van der Waals surface area contributed by atoms with Gasteiger partial charge in [-0.05, 0) is 36.1 Å². The Morgan fingerprint density at radius 2 is 2.00 bits per heavy atom. The first kappa shape index (κ1) is 20.7. The quantitative estimate of drug-likeness (QED) is 0.754. The van der Waals surface area contributed by atoms with Crippen LogP contribution in [0.25, 0.3) is 0 Å². The second-order valence-electron chi connectivity index (χ2n) is 8.30. The molecule has 0 spiro atoms. The summed E-state index contributed by atoms with van der Waals surface area (Å²) in [5, 5.41) is 12.0. The molecule has 4 atom stereocenters. The number of nitrogens with one attached hydrogen (secondary N) is 1. The normalized spacial score (nSPS) is 28.6. The van der Waals surface area contributed by atoms with Crippen LogP contribution in [0.1, 0.15) is 30.0 Å². The van der Waals surface area contributed by atoms with Crippen LogP contribution in [0.2, 0.25) is 0 Å². The smallest absolute Gasteiger partial charge is 0.404 e. The van der Waals surface area contributed by atoms with E-state index in [9.17, 15) is 19.1 Å². The number of fused-ring (bicyclic) bond motifs is 3. The molecular weight excluding hydrogens is 393 g/mol. The van der Waals surface area contributed by atoms with Gasteiger partial charge in [0.25, 0.3) is 0 Å². The summed E-state index contributed by atoms with van der Waals surface area (Å²) in [4.78, 5) is 28.0. The summed E-state index contributed by atoms with van der Waals surface area (Å²) in [6, 6.07) is 3.25. The molecule has 0 aliphatic carbocycles. The number of amides is 2. The molecule has 0 unspecified atom stereocenters. The third-order valence-electron chi connectivity index (χ3n) is 6.64. The molecule has 0 saturated carbocycles. The summed E-state index contributed by atoms with van der Waals surface area (Å²) in [6.07, 6.45) is 0.437. The molecule has 2 N–H and O–H groups in total. The van der Waals surface area contributed by atoms with Crippen molar-refractivity contribution in [2.75, 3.05) is 40.5 Å². The number of carboxylic acid groups (broad SMARTS) is 1. The van der Waals surface area contributed by atoms with Crippen molar-refractivity contribution in [3.8, 4) is 11.5 Å². The van der Waals surface area contributed by atoms with Gasteiger partial charge in [-0.2, -0.15) is 0 Å². The largest absolute Gasteiger partial charge is 0.493 e. The molecule has 3 aliphatic rings. The number of rotatable bonds is 5. The van der Waals surface area contributed by atoms with Gasteiger partial charge < -0.3 is 24.8 Å². The number of alkyl halides is 1. The van der Waals surface area contributed by atoms with Crippen LogP contribution >= 0.6 is 0 Å². The standard InChI is InChI=1S/C21H28FN3O5/c1-29-18-6-13-3-4-24-11-17(25-10-12(9-22)5-20(25)26)15(23-21(27)28)8-16(24)14(13)7-19(18)30-2/h6-7,12,15-17,23H,3-5,8-11H2,1-2H3,(H,27,28)/t12-,15-,16-,17-/m0/s1. The molecule has 1 aromatic carbocycles. The minimum absolute atomic E-state index is 0.0105. The molecule has 3 heterocycles. The average molecular weight is 421 g/mol. The molecule has 8 nitrogen and oxygen atoms in total. The summed E-state index contributed by atoms with van der Waals surface area (Å²) in [6.45, 7) is 1.16. The van der Waals surface area contributed by atoms with E-state index in [1.165, 1.54) is 0 Å². The molecule has 0 radical (unpaired) electrons. The molecule has 164 valence electrons. The Bertz CT molecular complexity index is 835. The molecule has 30 heavy (non-hydrogen) atoms. The fourth-order valence-corrected chi connectivity index (χ4v) is 5.20. The summed E-state index contributed by atoms with van der Waals surface area (Å²) < 4.78 is 24.1. The van der Waals surface area contributed by atoms with Gasteiger partial charge >= 0.3 is 6.09 Å². The molecule has 0 aromatic heterocycles. The van der Waals surface area contributed by atoms with E-state index < -0.39 is 18.8 Å². The maximum Gasteiger partial charge on any atom is 0.404 e. The lowest BCUT2D eigenvalue weighted by Crippen LogP contribution is -2.62. The summed E-state index contributed by atoms with van der Waals surface area (Å²) in [5.41, 5.74) is 2.26. The van der Waals surface area contributed by atoms with E-state index in [-0.39, 0.29) is 30.3 Å². The van der Waals surface area contributed by atoms with Crippen LogP contribution in [0, 0.1) is 5.92 Å². The number of nitrogens with zero attached hydrogens (tertiary/aromatic N) is 2. The van der Waals surface area contributed by atoms with E-state index in [0.717, 1.165) is 24.1 Å². The lowest BCUT2D eigenvalue weighted by molar-refractivity contribution is -0.132. The highest BCUT2D eigenvalue weighted by Crippen LogP contribution is 2.43. The number of halogens is 1. The van der Waals surface area contributed by atoms with Gasteiger partial charge in [-0.1, -0.05) is 0 Å². The van der Waals surface area contributed by atoms with Crippen molar-refractivity contribution < 1.29 is 28.6 Å².